The second kappa shape index (κ2) is 9.67. The van der Waals surface area contributed by atoms with E-state index in [1.165, 1.54) is 9.80 Å². The van der Waals surface area contributed by atoms with Crippen molar-refractivity contribution in [2.24, 2.45) is 5.73 Å². The van der Waals surface area contributed by atoms with Crippen molar-refractivity contribution in [3.8, 4) is 0 Å². The number of carbonyl (C=O) groups is 4. The van der Waals surface area contributed by atoms with Gasteiger partial charge in [0.1, 0.15) is 17.2 Å². The molecular weight excluding hydrogens is 434 g/mol. The standard InChI is InChI=1S/C21H33N5O7/c1-12(24-18(29)32-20(2,3)4)15-14(23-11-31-15)17(28)26-9-8-25(10-13(26)16(22)27)19(30)33-21(5,6)7/h11-13H,8-10H2,1-7H3,(H2,22,27)(H,24,29)/t12-,13?/m0/s1. The molecule has 12 heteroatoms. The third-order valence-electron chi connectivity index (χ3n) is 4.55. The number of amides is 4. The van der Waals surface area contributed by atoms with Gasteiger partial charge in [0.25, 0.3) is 5.91 Å². The monoisotopic (exact) mass is 467 g/mol. The van der Waals surface area contributed by atoms with Gasteiger partial charge in [-0.2, -0.15) is 0 Å². The van der Waals surface area contributed by atoms with Crippen LogP contribution in [0.25, 0.3) is 0 Å². The third-order valence-corrected chi connectivity index (χ3v) is 4.55. The maximum Gasteiger partial charge on any atom is 0.410 e. The van der Waals surface area contributed by atoms with Gasteiger partial charge in [-0.05, 0) is 48.5 Å². The first-order valence-electron chi connectivity index (χ1n) is 10.6. The molecule has 1 unspecified atom stereocenters. The van der Waals surface area contributed by atoms with Crippen LogP contribution in [-0.2, 0) is 14.3 Å². The second-order valence-corrected chi connectivity index (χ2v) is 9.78. The fourth-order valence-corrected chi connectivity index (χ4v) is 3.17. The molecule has 3 N–H and O–H groups in total. The summed E-state index contributed by atoms with van der Waals surface area (Å²) in [5.41, 5.74) is 4.05. The molecule has 12 nitrogen and oxygen atoms in total. The fourth-order valence-electron chi connectivity index (χ4n) is 3.17. The molecule has 2 heterocycles. The minimum absolute atomic E-state index is 0.0336. The Morgan fingerprint density at radius 3 is 2.27 bits per heavy atom. The minimum atomic E-state index is -1.09. The SMILES string of the molecule is C[C@H](NC(=O)OC(C)(C)C)c1ocnc1C(=O)N1CCN(C(=O)OC(C)(C)C)CC1C(N)=O. The van der Waals surface area contributed by atoms with Gasteiger partial charge in [0.05, 0.1) is 12.6 Å². The first-order chi connectivity index (χ1) is 15.1. The number of hydrogen-bond acceptors (Lipinski definition) is 8. The number of nitrogens with two attached hydrogens (primary N) is 1. The molecule has 1 aromatic heterocycles. The molecule has 0 radical (unpaired) electrons. The van der Waals surface area contributed by atoms with Crippen LogP contribution in [0.5, 0.6) is 0 Å². The van der Waals surface area contributed by atoms with Crippen molar-refractivity contribution in [1.29, 1.82) is 0 Å². The normalized spacial score (nSPS) is 17.8. The van der Waals surface area contributed by atoms with E-state index in [-0.39, 0.29) is 31.1 Å². The lowest BCUT2D eigenvalue weighted by Crippen LogP contribution is -2.61. The first-order valence-corrected chi connectivity index (χ1v) is 10.6. The van der Waals surface area contributed by atoms with Crippen LogP contribution in [0.3, 0.4) is 0 Å². The van der Waals surface area contributed by atoms with Crippen LogP contribution in [0.1, 0.15) is 70.8 Å². The number of hydrogen-bond donors (Lipinski definition) is 2. The molecule has 0 saturated carbocycles. The molecule has 1 saturated heterocycles. The van der Waals surface area contributed by atoms with Crippen LogP contribution >= 0.6 is 0 Å². The van der Waals surface area contributed by atoms with Crippen molar-refractivity contribution in [3.05, 3.63) is 17.8 Å². The molecular formula is C21H33N5O7. The van der Waals surface area contributed by atoms with E-state index < -0.39 is 47.3 Å². The van der Waals surface area contributed by atoms with Crippen molar-refractivity contribution < 1.29 is 33.1 Å². The maximum atomic E-state index is 13.2. The Kier molecular flexibility index (Phi) is 7.60. The minimum Gasteiger partial charge on any atom is -0.445 e. The number of ether oxygens (including phenoxy) is 2. The number of primary amides is 1. The molecule has 0 bridgehead atoms. The van der Waals surface area contributed by atoms with E-state index in [4.69, 9.17) is 19.6 Å². The fraction of sp³-hybridized carbons (Fsp3) is 0.667. The first kappa shape index (κ1) is 25.9. The highest BCUT2D eigenvalue weighted by Gasteiger charge is 2.39. The summed E-state index contributed by atoms with van der Waals surface area (Å²) >= 11 is 0. The van der Waals surface area contributed by atoms with Crippen molar-refractivity contribution >= 4 is 24.0 Å². The van der Waals surface area contributed by atoms with Crippen LogP contribution in [-0.4, -0.2) is 75.7 Å². The van der Waals surface area contributed by atoms with Crippen LogP contribution in [0.15, 0.2) is 10.8 Å². The Labute approximate surface area is 192 Å². The summed E-state index contributed by atoms with van der Waals surface area (Å²) in [6, 6.07) is -1.83. The number of oxazole rings is 1. The van der Waals surface area contributed by atoms with Crippen LogP contribution < -0.4 is 11.1 Å². The molecule has 1 aliphatic rings. The predicted octanol–water partition coefficient (Wildman–Crippen LogP) is 1.81. The van der Waals surface area contributed by atoms with E-state index in [1.807, 2.05) is 0 Å². The zero-order chi connectivity index (χ0) is 25.1. The van der Waals surface area contributed by atoms with Crippen molar-refractivity contribution in [1.82, 2.24) is 20.1 Å². The van der Waals surface area contributed by atoms with Crippen molar-refractivity contribution in [2.75, 3.05) is 19.6 Å². The van der Waals surface area contributed by atoms with Gasteiger partial charge in [-0.3, -0.25) is 9.59 Å². The molecule has 2 rings (SSSR count). The lowest BCUT2D eigenvalue weighted by Gasteiger charge is -2.39. The molecule has 33 heavy (non-hydrogen) atoms. The Bertz CT molecular complexity index is 900. The molecule has 1 aliphatic heterocycles. The van der Waals surface area contributed by atoms with Gasteiger partial charge < -0.3 is 34.7 Å². The van der Waals surface area contributed by atoms with Gasteiger partial charge in [-0.1, -0.05) is 0 Å². The molecule has 184 valence electrons. The van der Waals surface area contributed by atoms with Gasteiger partial charge in [0.2, 0.25) is 5.91 Å². The highest BCUT2D eigenvalue weighted by atomic mass is 16.6. The van der Waals surface area contributed by atoms with Crippen LogP contribution in [0, 0.1) is 0 Å². The Morgan fingerprint density at radius 2 is 1.73 bits per heavy atom. The highest BCUT2D eigenvalue weighted by molar-refractivity contribution is 5.97. The number of rotatable bonds is 4. The van der Waals surface area contributed by atoms with Gasteiger partial charge in [0, 0.05) is 13.1 Å². The molecule has 0 aromatic carbocycles. The quantitative estimate of drug-likeness (QED) is 0.678. The summed E-state index contributed by atoms with van der Waals surface area (Å²) in [6.07, 6.45) is -0.213. The van der Waals surface area contributed by atoms with Gasteiger partial charge in [0.15, 0.2) is 17.8 Å². The van der Waals surface area contributed by atoms with E-state index in [0.717, 1.165) is 6.39 Å². The summed E-state index contributed by atoms with van der Waals surface area (Å²) in [5.74, 6) is -1.28. The van der Waals surface area contributed by atoms with Crippen molar-refractivity contribution in [2.45, 2.75) is 71.8 Å². The van der Waals surface area contributed by atoms with E-state index in [1.54, 1.807) is 48.5 Å². The number of nitrogens with zero attached hydrogens (tertiary/aromatic N) is 3. The largest absolute Gasteiger partial charge is 0.445 e. The molecule has 2 atom stereocenters. The van der Waals surface area contributed by atoms with Gasteiger partial charge in [-0.15, -0.1) is 0 Å². The van der Waals surface area contributed by atoms with Gasteiger partial charge >= 0.3 is 12.2 Å². The van der Waals surface area contributed by atoms with Gasteiger partial charge in [-0.25, -0.2) is 14.6 Å². The molecule has 4 amide bonds. The molecule has 0 spiro atoms. The number of alkyl carbamates (subject to hydrolysis) is 1. The van der Waals surface area contributed by atoms with E-state index in [9.17, 15) is 19.2 Å². The number of piperazine rings is 1. The summed E-state index contributed by atoms with van der Waals surface area (Å²) in [5, 5.41) is 2.59. The zero-order valence-corrected chi connectivity index (χ0v) is 20.1. The average Bonchev–Trinajstić information content (AvgIpc) is 3.13. The summed E-state index contributed by atoms with van der Waals surface area (Å²) in [7, 11) is 0. The smallest absolute Gasteiger partial charge is 0.410 e. The highest BCUT2D eigenvalue weighted by Crippen LogP contribution is 2.22. The molecule has 0 aliphatic carbocycles. The lowest BCUT2D eigenvalue weighted by molar-refractivity contribution is -0.124. The van der Waals surface area contributed by atoms with E-state index >= 15 is 0 Å². The van der Waals surface area contributed by atoms with E-state index in [2.05, 4.69) is 10.3 Å². The second-order valence-electron chi connectivity index (χ2n) is 9.78. The molecule has 1 aromatic rings. The maximum absolute atomic E-state index is 13.2. The Balaban J connectivity index is 2.16. The predicted molar refractivity (Wildman–Crippen MR) is 116 cm³/mol. The number of aromatic nitrogens is 1. The summed E-state index contributed by atoms with van der Waals surface area (Å²) in [4.78, 5) is 56.4. The lowest BCUT2D eigenvalue weighted by atomic mass is 10.1. The van der Waals surface area contributed by atoms with Crippen molar-refractivity contribution in [3.63, 3.8) is 0 Å². The average molecular weight is 468 g/mol. The van der Waals surface area contributed by atoms with E-state index in [0.29, 0.717) is 0 Å². The summed E-state index contributed by atoms with van der Waals surface area (Å²) < 4.78 is 15.9. The number of carbonyl (C=O) groups excluding carboxylic acids is 4. The molecule has 1 fully saturated rings. The zero-order valence-electron chi connectivity index (χ0n) is 20.1. The third kappa shape index (κ3) is 7.09. The van der Waals surface area contributed by atoms with Crippen LogP contribution in [0.4, 0.5) is 9.59 Å². The summed E-state index contributed by atoms with van der Waals surface area (Å²) in [6.45, 7) is 12.0. The topological polar surface area (TPSA) is 157 Å². The Morgan fingerprint density at radius 1 is 1.12 bits per heavy atom. The van der Waals surface area contributed by atoms with Crippen LogP contribution in [0.2, 0.25) is 0 Å². The number of nitrogens with one attached hydrogen (secondary N) is 1. The Hall–Kier alpha value is -3.31.